The van der Waals surface area contributed by atoms with Crippen LogP contribution in [0, 0.1) is 0 Å². The van der Waals surface area contributed by atoms with E-state index in [1.54, 1.807) is 17.1 Å². The normalized spacial score (nSPS) is 17.8. The molecule has 0 fully saturated rings. The number of nitrogens with one attached hydrogen (secondary N) is 2. The first-order valence-corrected chi connectivity index (χ1v) is 6.32. The van der Waals surface area contributed by atoms with E-state index in [0.29, 0.717) is 0 Å². The Kier molecular flexibility index (Phi) is 3.05. The number of aryl methyl sites for hydroxylation is 1. The van der Waals surface area contributed by atoms with Crippen molar-refractivity contribution in [3.8, 4) is 0 Å². The number of rotatable bonds is 2. The topological polar surface area (TPSA) is 59.0 Å². The van der Waals surface area contributed by atoms with Gasteiger partial charge >= 0.3 is 0 Å². The molecule has 0 unspecified atom stereocenters. The van der Waals surface area contributed by atoms with E-state index in [1.165, 1.54) is 11.1 Å². The van der Waals surface area contributed by atoms with Crippen molar-refractivity contribution in [3.05, 3.63) is 47.8 Å². The fraction of sp³-hybridized carbons (Fsp3) is 0.286. The number of carbonyl (C=O) groups excluding carboxylic acids is 1. The third-order valence-electron chi connectivity index (χ3n) is 3.37. The zero-order valence-corrected chi connectivity index (χ0v) is 10.8. The van der Waals surface area contributed by atoms with Gasteiger partial charge in [0.15, 0.2) is 0 Å². The number of fused-ring (bicyclic) bond motifs is 1. The van der Waals surface area contributed by atoms with Crippen LogP contribution < -0.4 is 10.6 Å². The molecular formula is C14H16N4O. The Bertz CT molecular complexity index is 605. The monoisotopic (exact) mass is 256 g/mol. The summed E-state index contributed by atoms with van der Waals surface area (Å²) in [4.78, 5) is 12.2. The first kappa shape index (κ1) is 11.9. The minimum atomic E-state index is -0.185. The van der Waals surface area contributed by atoms with E-state index in [0.717, 1.165) is 18.7 Å². The predicted molar refractivity (Wildman–Crippen MR) is 72.6 cm³/mol. The second kappa shape index (κ2) is 4.85. The maximum Gasteiger partial charge on any atom is 0.241 e. The van der Waals surface area contributed by atoms with Crippen LogP contribution in [-0.2, 0) is 24.8 Å². The Balaban J connectivity index is 1.69. The van der Waals surface area contributed by atoms with Gasteiger partial charge in [-0.3, -0.25) is 9.48 Å². The Morgan fingerprint density at radius 2 is 2.21 bits per heavy atom. The SMILES string of the molecule is Cn1cc(NC(=O)[C@@H]2Cc3ccccc3CN2)cn1. The highest BCUT2D eigenvalue weighted by Gasteiger charge is 2.23. The van der Waals surface area contributed by atoms with Crippen LogP contribution in [-0.4, -0.2) is 21.7 Å². The molecule has 0 spiro atoms. The minimum Gasteiger partial charge on any atom is -0.322 e. The van der Waals surface area contributed by atoms with Crippen molar-refractivity contribution in [3.63, 3.8) is 0 Å². The number of nitrogens with zero attached hydrogens (tertiary/aromatic N) is 2. The van der Waals surface area contributed by atoms with Crippen molar-refractivity contribution in [2.45, 2.75) is 19.0 Å². The largest absolute Gasteiger partial charge is 0.322 e. The van der Waals surface area contributed by atoms with Gasteiger partial charge in [-0.1, -0.05) is 24.3 Å². The summed E-state index contributed by atoms with van der Waals surface area (Å²) >= 11 is 0. The summed E-state index contributed by atoms with van der Waals surface area (Å²) in [5.41, 5.74) is 3.24. The Labute approximate surface area is 111 Å². The van der Waals surface area contributed by atoms with Crippen LogP contribution in [0.5, 0.6) is 0 Å². The first-order valence-electron chi connectivity index (χ1n) is 6.32. The summed E-state index contributed by atoms with van der Waals surface area (Å²) in [5, 5.41) is 10.2. The number of benzene rings is 1. The molecule has 98 valence electrons. The molecule has 19 heavy (non-hydrogen) atoms. The van der Waals surface area contributed by atoms with Gasteiger partial charge in [-0.05, 0) is 17.5 Å². The average molecular weight is 256 g/mol. The van der Waals surface area contributed by atoms with Gasteiger partial charge in [0.1, 0.15) is 0 Å². The molecule has 5 nitrogen and oxygen atoms in total. The maximum absolute atomic E-state index is 12.2. The second-order valence-corrected chi connectivity index (χ2v) is 4.80. The summed E-state index contributed by atoms with van der Waals surface area (Å²) in [6.07, 6.45) is 4.16. The van der Waals surface area contributed by atoms with Crippen LogP contribution in [0.15, 0.2) is 36.7 Å². The van der Waals surface area contributed by atoms with Gasteiger partial charge in [0.2, 0.25) is 5.91 Å². The molecule has 2 aromatic rings. The van der Waals surface area contributed by atoms with Gasteiger partial charge in [0.05, 0.1) is 17.9 Å². The van der Waals surface area contributed by atoms with Gasteiger partial charge in [-0.2, -0.15) is 5.10 Å². The molecule has 2 N–H and O–H groups in total. The van der Waals surface area contributed by atoms with E-state index in [2.05, 4.69) is 27.9 Å². The predicted octanol–water partition coefficient (Wildman–Crippen LogP) is 1.07. The highest BCUT2D eigenvalue weighted by atomic mass is 16.2. The number of amides is 1. The zero-order valence-electron chi connectivity index (χ0n) is 10.8. The zero-order chi connectivity index (χ0) is 13.2. The van der Waals surface area contributed by atoms with Crippen molar-refractivity contribution in [2.24, 2.45) is 7.05 Å². The lowest BCUT2D eigenvalue weighted by atomic mass is 9.95. The van der Waals surface area contributed by atoms with Gasteiger partial charge < -0.3 is 10.6 Å². The average Bonchev–Trinajstić information content (AvgIpc) is 2.83. The molecule has 1 aliphatic heterocycles. The quantitative estimate of drug-likeness (QED) is 0.845. The van der Waals surface area contributed by atoms with E-state index in [4.69, 9.17) is 0 Å². The molecule has 0 bridgehead atoms. The van der Waals surface area contributed by atoms with Crippen molar-refractivity contribution < 1.29 is 4.79 Å². The summed E-state index contributed by atoms with van der Waals surface area (Å²) in [5.74, 6) is -0.0116. The molecule has 0 radical (unpaired) electrons. The highest BCUT2D eigenvalue weighted by Crippen LogP contribution is 2.17. The number of hydrogen-bond acceptors (Lipinski definition) is 3. The standard InChI is InChI=1S/C14H16N4O/c1-18-9-12(8-16-18)17-14(19)13-6-10-4-2-3-5-11(10)7-15-13/h2-5,8-9,13,15H,6-7H2,1H3,(H,17,19)/t13-/m0/s1. The lowest BCUT2D eigenvalue weighted by Crippen LogP contribution is -2.44. The van der Waals surface area contributed by atoms with E-state index < -0.39 is 0 Å². The molecule has 3 rings (SSSR count). The molecule has 1 aromatic heterocycles. The van der Waals surface area contributed by atoms with Crippen molar-refractivity contribution in [2.75, 3.05) is 5.32 Å². The summed E-state index contributed by atoms with van der Waals surface area (Å²) in [6, 6.07) is 8.03. The molecule has 1 aromatic carbocycles. The summed E-state index contributed by atoms with van der Waals surface area (Å²) in [6.45, 7) is 0.737. The van der Waals surface area contributed by atoms with Crippen LogP contribution in [0.1, 0.15) is 11.1 Å². The first-order chi connectivity index (χ1) is 9.22. The third-order valence-corrected chi connectivity index (χ3v) is 3.37. The fourth-order valence-electron chi connectivity index (χ4n) is 2.35. The van der Waals surface area contributed by atoms with E-state index in [9.17, 15) is 4.79 Å². The maximum atomic E-state index is 12.2. The van der Waals surface area contributed by atoms with Crippen molar-refractivity contribution >= 4 is 11.6 Å². The van der Waals surface area contributed by atoms with Gasteiger partial charge in [-0.15, -0.1) is 0 Å². The van der Waals surface area contributed by atoms with Crippen LogP contribution in [0.4, 0.5) is 5.69 Å². The van der Waals surface area contributed by atoms with Crippen molar-refractivity contribution in [1.29, 1.82) is 0 Å². The molecule has 0 aliphatic carbocycles. The van der Waals surface area contributed by atoms with E-state index >= 15 is 0 Å². The molecule has 1 aliphatic rings. The van der Waals surface area contributed by atoms with Crippen LogP contribution in [0.2, 0.25) is 0 Å². The highest BCUT2D eigenvalue weighted by molar-refractivity contribution is 5.95. The van der Waals surface area contributed by atoms with Gasteiger partial charge in [0.25, 0.3) is 0 Å². The van der Waals surface area contributed by atoms with Crippen LogP contribution >= 0.6 is 0 Å². The third kappa shape index (κ3) is 2.51. The molecule has 0 saturated carbocycles. The molecule has 2 heterocycles. The van der Waals surface area contributed by atoms with Crippen LogP contribution in [0.3, 0.4) is 0 Å². The van der Waals surface area contributed by atoms with Gasteiger partial charge in [0, 0.05) is 19.8 Å². The summed E-state index contributed by atoms with van der Waals surface area (Å²) in [7, 11) is 1.82. The van der Waals surface area contributed by atoms with Crippen LogP contribution in [0.25, 0.3) is 0 Å². The second-order valence-electron chi connectivity index (χ2n) is 4.80. The smallest absolute Gasteiger partial charge is 0.241 e. The number of anilines is 1. The molecule has 0 saturated heterocycles. The Morgan fingerprint density at radius 3 is 2.95 bits per heavy atom. The van der Waals surface area contributed by atoms with Crippen molar-refractivity contribution in [1.82, 2.24) is 15.1 Å². The molecular weight excluding hydrogens is 240 g/mol. The summed E-state index contributed by atoms with van der Waals surface area (Å²) < 4.78 is 1.67. The number of hydrogen-bond donors (Lipinski definition) is 2. The minimum absolute atomic E-state index is 0.0116. The number of aromatic nitrogens is 2. The Hall–Kier alpha value is -2.14. The van der Waals surface area contributed by atoms with Gasteiger partial charge in [-0.25, -0.2) is 0 Å². The lowest BCUT2D eigenvalue weighted by molar-refractivity contribution is -0.118. The molecule has 1 atom stereocenters. The van der Waals surface area contributed by atoms with E-state index in [1.807, 2.05) is 19.2 Å². The fourth-order valence-corrected chi connectivity index (χ4v) is 2.35. The number of carbonyl (C=O) groups is 1. The molecule has 5 heteroatoms. The Morgan fingerprint density at radius 1 is 1.42 bits per heavy atom. The van der Waals surface area contributed by atoms with E-state index in [-0.39, 0.29) is 11.9 Å². The lowest BCUT2D eigenvalue weighted by Gasteiger charge is -2.25. The molecule has 1 amide bonds.